The highest BCUT2D eigenvalue weighted by Gasteiger charge is 2.19. The molecule has 0 rings (SSSR count). The van der Waals surface area contributed by atoms with E-state index in [0.29, 0.717) is 19.3 Å². The van der Waals surface area contributed by atoms with Crippen LogP contribution >= 0.6 is 0 Å². The Morgan fingerprint density at radius 1 is 0.278 bits per heavy atom. The molecule has 420 valence electrons. The summed E-state index contributed by atoms with van der Waals surface area (Å²) in [6, 6.07) is 0. The molecule has 1 atom stereocenters. The highest BCUT2D eigenvalue weighted by Crippen LogP contribution is 2.17. The lowest BCUT2D eigenvalue weighted by atomic mass is 10.0. The van der Waals surface area contributed by atoms with Gasteiger partial charge in [-0.25, -0.2) is 0 Å². The summed E-state index contributed by atoms with van der Waals surface area (Å²) in [5.41, 5.74) is 0. The molecule has 0 spiro atoms. The zero-order valence-electron chi connectivity index (χ0n) is 48.2. The third kappa shape index (κ3) is 58.3. The van der Waals surface area contributed by atoms with Crippen molar-refractivity contribution in [3.05, 3.63) is 48.6 Å². The van der Waals surface area contributed by atoms with Crippen LogP contribution in [0.5, 0.6) is 0 Å². The Bertz CT molecular complexity index is 1250. The van der Waals surface area contributed by atoms with Gasteiger partial charge in [-0.15, -0.1) is 0 Å². The molecule has 0 aromatic carbocycles. The minimum absolute atomic E-state index is 0.0716. The number of hydrogen-bond acceptors (Lipinski definition) is 6. The number of ether oxygens (including phenoxy) is 3. The first-order chi connectivity index (χ1) is 35.5. The average molecular weight is 1010 g/mol. The standard InChI is InChI=1S/C66H120O6/c1-4-7-10-13-16-19-22-24-26-28-30-31-32-33-34-35-37-38-40-42-44-47-50-53-56-59-65(68)71-62-63(61-70-64(67)58-55-52-49-46-21-18-15-12-9-6-3)72-66(69)60-57-54-51-48-45-43-41-39-36-29-27-25-23-20-17-14-11-8-5-2/h22,24-25,27-28,30,32-33,63H,4-21,23,26,29,31,34-62H2,1-3H3/b24-22-,27-25-,30-28-,33-32-. The fourth-order valence-corrected chi connectivity index (χ4v) is 9.27. The van der Waals surface area contributed by atoms with Gasteiger partial charge in [0.2, 0.25) is 0 Å². The molecule has 0 bridgehead atoms. The van der Waals surface area contributed by atoms with Gasteiger partial charge in [-0.3, -0.25) is 14.4 Å². The topological polar surface area (TPSA) is 78.9 Å². The van der Waals surface area contributed by atoms with Gasteiger partial charge in [0.15, 0.2) is 6.10 Å². The van der Waals surface area contributed by atoms with Crippen LogP contribution in [0.4, 0.5) is 0 Å². The van der Waals surface area contributed by atoms with Gasteiger partial charge in [0, 0.05) is 19.3 Å². The smallest absolute Gasteiger partial charge is 0.306 e. The lowest BCUT2D eigenvalue weighted by Gasteiger charge is -2.18. The van der Waals surface area contributed by atoms with Gasteiger partial charge in [-0.2, -0.15) is 0 Å². The Balaban J connectivity index is 4.23. The molecule has 0 aromatic heterocycles. The Labute approximate surface area is 448 Å². The molecule has 0 heterocycles. The second-order valence-electron chi connectivity index (χ2n) is 21.3. The van der Waals surface area contributed by atoms with E-state index in [1.807, 2.05) is 0 Å². The second kappa shape index (κ2) is 60.9. The van der Waals surface area contributed by atoms with Crippen LogP contribution in [0.3, 0.4) is 0 Å². The van der Waals surface area contributed by atoms with Crippen LogP contribution in [0, 0.1) is 0 Å². The molecule has 0 aliphatic rings. The van der Waals surface area contributed by atoms with Crippen molar-refractivity contribution in [2.75, 3.05) is 13.2 Å². The van der Waals surface area contributed by atoms with Crippen molar-refractivity contribution in [2.24, 2.45) is 0 Å². The number of carbonyl (C=O) groups is 3. The molecule has 0 saturated heterocycles. The fraction of sp³-hybridized carbons (Fsp3) is 0.833. The molecule has 0 aliphatic heterocycles. The number of rotatable bonds is 58. The monoisotopic (exact) mass is 1010 g/mol. The molecule has 72 heavy (non-hydrogen) atoms. The van der Waals surface area contributed by atoms with Gasteiger partial charge in [-0.05, 0) is 83.5 Å². The predicted molar refractivity (Wildman–Crippen MR) is 312 cm³/mol. The molecular weight excluding hydrogens is 889 g/mol. The quantitative estimate of drug-likeness (QED) is 0.0261. The molecule has 0 saturated carbocycles. The summed E-state index contributed by atoms with van der Waals surface area (Å²) in [7, 11) is 0. The summed E-state index contributed by atoms with van der Waals surface area (Å²) in [5.74, 6) is -0.862. The van der Waals surface area contributed by atoms with E-state index in [2.05, 4.69) is 69.4 Å². The molecule has 6 heteroatoms. The first-order valence-corrected chi connectivity index (χ1v) is 31.6. The summed E-state index contributed by atoms with van der Waals surface area (Å²) in [5, 5.41) is 0. The van der Waals surface area contributed by atoms with Gasteiger partial charge >= 0.3 is 17.9 Å². The van der Waals surface area contributed by atoms with Crippen LogP contribution in [0.25, 0.3) is 0 Å². The van der Waals surface area contributed by atoms with Gasteiger partial charge in [0.25, 0.3) is 0 Å². The number of unbranched alkanes of at least 4 members (excludes halogenated alkanes) is 39. The maximum atomic E-state index is 12.9. The highest BCUT2D eigenvalue weighted by molar-refractivity contribution is 5.71. The maximum absolute atomic E-state index is 12.9. The molecule has 0 fully saturated rings. The van der Waals surface area contributed by atoms with Crippen LogP contribution in [0.1, 0.15) is 335 Å². The van der Waals surface area contributed by atoms with E-state index in [4.69, 9.17) is 14.2 Å². The SMILES string of the molecule is CCCCCCC/C=C\C/C=C\C/C=C\CCCCCCCCCCCCC(=O)OCC(COC(=O)CCCCCCCCCCCC)OC(=O)CCCCCCCCCCC/C=C\CCCCCCCC. The summed E-state index contributed by atoms with van der Waals surface area (Å²) in [4.78, 5) is 38.2. The van der Waals surface area contributed by atoms with Crippen LogP contribution in [-0.2, 0) is 28.6 Å². The molecule has 0 aromatic rings. The Hall–Kier alpha value is -2.63. The predicted octanol–water partition coefficient (Wildman–Crippen LogP) is 21.4. The maximum Gasteiger partial charge on any atom is 0.306 e. The van der Waals surface area contributed by atoms with E-state index in [0.717, 1.165) is 70.6 Å². The van der Waals surface area contributed by atoms with Crippen LogP contribution < -0.4 is 0 Å². The molecule has 0 amide bonds. The van der Waals surface area contributed by atoms with E-state index in [-0.39, 0.29) is 31.1 Å². The molecule has 6 nitrogen and oxygen atoms in total. The Morgan fingerprint density at radius 3 is 0.792 bits per heavy atom. The fourth-order valence-electron chi connectivity index (χ4n) is 9.27. The minimum atomic E-state index is -0.773. The lowest BCUT2D eigenvalue weighted by molar-refractivity contribution is -0.167. The molecule has 1 unspecified atom stereocenters. The van der Waals surface area contributed by atoms with Gasteiger partial charge in [0.05, 0.1) is 0 Å². The minimum Gasteiger partial charge on any atom is -0.462 e. The first-order valence-electron chi connectivity index (χ1n) is 31.6. The van der Waals surface area contributed by atoms with Crippen LogP contribution in [0.2, 0.25) is 0 Å². The normalized spacial score (nSPS) is 12.3. The van der Waals surface area contributed by atoms with E-state index in [9.17, 15) is 14.4 Å². The highest BCUT2D eigenvalue weighted by atomic mass is 16.6. The third-order valence-electron chi connectivity index (χ3n) is 14.1. The van der Waals surface area contributed by atoms with E-state index in [1.165, 1.54) is 225 Å². The second-order valence-corrected chi connectivity index (χ2v) is 21.3. The Kier molecular flexibility index (Phi) is 58.7. The molecule has 0 N–H and O–H groups in total. The third-order valence-corrected chi connectivity index (χ3v) is 14.1. The summed E-state index contributed by atoms with van der Waals surface area (Å²) >= 11 is 0. The van der Waals surface area contributed by atoms with Crippen molar-refractivity contribution in [1.82, 2.24) is 0 Å². The molecule has 0 aliphatic carbocycles. The largest absolute Gasteiger partial charge is 0.462 e. The zero-order valence-corrected chi connectivity index (χ0v) is 48.2. The number of esters is 3. The van der Waals surface area contributed by atoms with Crippen molar-refractivity contribution in [2.45, 2.75) is 341 Å². The van der Waals surface area contributed by atoms with E-state index < -0.39 is 6.10 Å². The molecule has 0 radical (unpaired) electrons. The van der Waals surface area contributed by atoms with Crippen molar-refractivity contribution in [3.63, 3.8) is 0 Å². The van der Waals surface area contributed by atoms with Gasteiger partial charge in [0.1, 0.15) is 13.2 Å². The van der Waals surface area contributed by atoms with Crippen molar-refractivity contribution in [3.8, 4) is 0 Å². The molecular formula is C66H120O6. The van der Waals surface area contributed by atoms with Gasteiger partial charge < -0.3 is 14.2 Å². The zero-order chi connectivity index (χ0) is 52.2. The number of hydrogen-bond donors (Lipinski definition) is 0. The van der Waals surface area contributed by atoms with Crippen molar-refractivity contribution >= 4 is 17.9 Å². The van der Waals surface area contributed by atoms with Crippen molar-refractivity contribution < 1.29 is 28.6 Å². The first kappa shape index (κ1) is 69.4. The Morgan fingerprint density at radius 2 is 0.500 bits per heavy atom. The number of carbonyl (C=O) groups excluding carboxylic acids is 3. The average Bonchev–Trinajstić information content (AvgIpc) is 3.38. The van der Waals surface area contributed by atoms with Crippen molar-refractivity contribution in [1.29, 1.82) is 0 Å². The van der Waals surface area contributed by atoms with E-state index in [1.54, 1.807) is 0 Å². The summed E-state index contributed by atoms with van der Waals surface area (Å²) < 4.78 is 16.9. The lowest BCUT2D eigenvalue weighted by Crippen LogP contribution is -2.30. The van der Waals surface area contributed by atoms with Gasteiger partial charge in [-0.1, -0.05) is 281 Å². The summed E-state index contributed by atoms with van der Waals surface area (Å²) in [6.07, 6.45) is 75.5. The number of allylic oxidation sites excluding steroid dienone is 8. The summed E-state index contributed by atoms with van der Waals surface area (Å²) in [6.45, 7) is 6.65. The van der Waals surface area contributed by atoms with E-state index >= 15 is 0 Å². The van der Waals surface area contributed by atoms with Crippen LogP contribution in [-0.4, -0.2) is 37.2 Å². The van der Waals surface area contributed by atoms with Crippen LogP contribution in [0.15, 0.2) is 48.6 Å².